The number of aliphatic hydroxyl groups is 1. The van der Waals surface area contributed by atoms with Gasteiger partial charge in [0, 0.05) is 12.5 Å². The lowest BCUT2D eigenvalue weighted by Gasteiger charge is -2.41. The van der Waals surface area contributed by atoms with E-state index in [1.54, 1.807) is 0 Å². The van der Waals surface area contributed by atoms with Gasteiger partial charge in [-0.05, 0) is 49.9 Å². The molecule has 0 spiro atoms. The van der Waals surface area contributed by atoms with Crippen molar-refractivity contribution in [3.05, 3.63) is 0 Å². The highest BCUT2D eigenvalue weighted by molar-refractivity contribution is 5.74. The molecule has 4 nitrogen and oxygen atoms in total. The summed E-state index contributed by atoms with van der Waals surface area (Å²) in [6.07, 6.45) is 6.23. The molecule has 6 atom stereocenters. The van der Waals surface area contributed by atoms with Gasteiger partial charge in [0.15, 0.2) is 0 Å². The third-order valence-electron chi connectivity index (χ3n) is 6.55. The first-order valence-electron chi connectivity index (χ1n) is 8.91. The van der Waals surface area contributed by atoms with Gasteiger partial charge < -0.3 is 14.6 Å². The third kappa shape index (κ3) is 2.80. The zero-order valence-corrected chi connectivity index (χ0v) is 14.1. The molecule has 126 valence electrons. The predicted molar refractivity (Wildman–Crippen MR) is 83.3 cm³/mol. The number of hydrogen-bond donors (Lipinski definition) is 1. The summed E-state index contributed by atoms with van der Waals surface area (Å²) in [4.78, 5) is 12.6. The van der Waals surface area contributed by atoms with E-state index < -0.39 is 0 Å². The van der Waals surface area contributed by atoms with Crippen LogP contribution in [-0.2, 0) is 14.3 Å². The van der Waals surface area contributed by atoms with E-state index in [-0.39, 0.29) is 48.1 Å². The van der Waals surface area contributed by atoms with Gasteiger partial charge >= 0.3 is 5.97 Å². The molecule has 3 fully saturated rings. The Morgan fingerprint density at radius 1 is 1.32 bits per heavy atom. The van der Waals surface area contributed by atoms with Crippen molar-refractivity contribution in [1.29, 1.82) is 0 Å². The second-order valence-corrected chi connectivity index (χ2v) is 8.13. The van der Waals surface area contributed by atoms with Crippen LogP contribution in [0.4, 0.5) is 0 Å². The molecule has 3 rings (SSSR count). The summed E-state index contributed by atoms with van der Waals surface area (Å²) in [5.41, 5.74) is 0.269. The molecule has 0 amide bonds. The maximum Gasteiger partial charge on any atom is 0.312 e. The smallest absolute Gasteiger partial charge is 0.312 e. The third-order valence-corrected chi connectivity index (χ3v) is 6.55. The Kier molecular flexibility index (Phi) is 4.52. The van der Waals surface area contributed by atoms with Crippen molar-refractivity contribution in [2.24, 2.45) is 23.2 Å². The largest absolute Gasteiger partial charge is 0.462 e. The van der Waals surface area contributed by atoms with E-state index in [0.717, 1.165) is 32.1 Å². The number of ether oxygens (including phenoxy) is 2. The van der Waals surface area contributed by atoms with Gasteiger partial charge in [0.1, 0.15) is 6.10 Å². The number of fused-ring (bicyclic) bond motifs is 2. The quantitative estimate of drug-likeness (QED) is 0.811. The van der Waals surface area contributed by atoms with E-state index in [0.29, 0.717) is 5.92 Å². The summed E-state index contributed by atoms with van der Waals surface area (Å²) in [6.45, 7) is 6.86. The molecule has 0 aromatic carbocycles. The van der Waals surface area contributed by atoms with Gasteiger partial charge in [-0.15, -0.1) is 0 Å². The number of hydrogen-bond acceptors (Lipinski definition) is 4. The van der Waals surface area contributed by atoms with E-state index in [1.807, 2.05) is 0 Å². The van der Waals surface area contributed by atoms with Crippen LogP contribution in [0.1, 0.15) is 59.3 Å². The highest BCUT2D eigenvalue weighted by Crippen LogP contribution is 2.46. The molecule has 1 saturated carbocycles. The summed E-state index contributed by atoms with van der Waals surface area (Å²) in [5.74, 6) is 0.150. The normalized spacial score (nSPS) is 44.5. The van der Waals surface area contributed by atoms with Crippen LogP contribution in [0.5, 0.6) is 0 Å². The van der Waals surface area contributed by atoms with Crippen molar-refractivity contribution >= 4 is 5.97 Å². The Morgan fingerprint density at radius 2 is 2.05 bits per heavy atom. The maximum atomic E-state index is 12.6. The highest BCUT2D eigenvalue weighted by atomic mass is 16.6. The van der Waals surface area contributed by atoms with E-state index in [4.69, 9.17) is 9.47 Å². The minimum atomic E-state index is -0.254. The summed E-state index contributed by atoms with van der Waals surface area (Å²) in [7, 11) is 0. The van der Waals surface area contributed by atoms with Crippen LogP contribution < -0.4 is 0 Å². The molecule has 1 aliphatic carbocycles. The van der Waals surface area contributed by atoms with Crippen molar-refractivity contribution < 1.29 is 19.4 Å². The van der Waals surface area contributed by atoms with Gasteiger partial charge in [-0.25, -0.2) is 0 Å². The molecular formula is C18H30O4. The molecular weight excluding hydrogens is 280 g/mol. The van der Waals surface area contributed by atoms with Gasteiger partial charge in [-0.2, -0.15) is 0 Å². The average molecular weight is 310 g/mol. The SMILES string of the molecule is CC(C)C1(C)CCCC(OC(=O)C2C3CCC(O3)C2CO)C1. The van der Waals surface area contributed by atoms with E-state index in [9.17, 15) is 9.90 Å². The summed E-state index contributed by atoms with van der Waals surface area (Å²) < 4.78 is 11.7. The van der Waals surface area contributed by atoms with E-state index >= 15 is 0 Å². The molecule has 3 aliphatic rings. The first-order valence-corrected chi connectivity index (χ1v) is 8.91. The molecule has 22 heavy (non-hydrogen) atoms. The van der Waals surface area contributed by atoms with Crippen molar-refractivity contribution in [3.63, 3.8) is 0 Å². The Labute approximate surface area is 133 Å². The van der Waals surface area contributed by atoms with Gasteiger partial charge in [-0.3, -0.25) is 4.79 Å². The second kappa shape index (κ2) is 6.12. The van der Waals surface area contributed by atoms with Gasteiger partial charge in [-0.1, -0.05) is 20.8 Å². The summed E-state index contributed by atoms with van der Waals surface area (Å²) in [5, 5.41) is 9.58. The number of carbonyl (C=O) groups excluding carboxylic acids is 1. The molecule has 0 aromatic heterocycles. The molecule has 4 heteroatoms. The van der Waals surface area contributed by atoms with Crippen LogP contribution in [-0.4, -0.2) is 36.0 Å². The molecule has 1 N–H and O–H groups in total. The molecule has 0 aromatic rings. The zero-order chi connectivity index (χ0) is 15.9. The first-order chi connectivity index (χ1) is 10.4. The van der Waals surface area contributed by atoms with E-state index in [2.05, 4.69) is 20.8 Å². The minimum Gasteiger partial charge on any atom is -0.462 e. The molecule has 2 bridgehead atoms. The molecule has 0 radical (unpaired) electrons. The van der Waals surface area contributed by atoms with Crippen molar-refractivity contribution in [3.8, 4) is 0 Å². The Morgan fingerprint density at radius 3 is 2.73 bits per heavy atom. The Balaban J connectivity index is 1.62. The molecule has 2 aliphatic heterocycles. The van der Waals surface area contributed by atoms with Crippen LogP contribution in [0, 0.1) is 23.2 Å². The van der Waals surface area contributed by atoms with Gasteiger partial charge in [0.05, 0.1) is 18.1 Å². The maximum absolute atomic E-state index is 12.6. The first kappa shape index (κ1) is 16.3. The monoisotopic (exact) mass is 310 g/mol. The fourth-order valence-corrected chi connectivity index (χ4v) is 4.66. The lowest BCUT2D eigenvalue weighted by Crippen LogP contribution is -2.41. The lowest BCUT2D eigenvalue weighted by molar-refractivity contribution is -0.162. The van der Waals surface area contributed by atoms with E-state index in [1.165, 1.54) is 6.42 Å². The van der Waals surface area contributed by atoms with Gasteiger partial charge in [0.2, 0.25) is 0 Å². The topological polar surface area (TPSA) is 55.8 Å². The molecule has 2 heterocycles. The molecule has 6 unspecified atom stereocenters. The Bertz CT molecular complexity index is 421. The van der Waals surface area contributed by atoms with Crippen LogP contribution >= 0.6 is 0 Å². The van der Waals surface area contributed by atoms with Crippen molar-refractivity contribution in [2.75, 3.05) is 6.61 Å². The van der Waals surface area contributed by atoms with Crippen LogP contribution in [0.2, 0.25) is 0 Å². The standard InChI is InChI=1S/C18H30O4/c1-11(2)18(3)8-4-5-12(9-18)21-17(20)16-13(10-19)14-6-7-15(16)22-14/h11-16,19H,4-10H2,1-3H3. The summed E-state index contributed by atoms with van der Waals surface area (Å²) in [6, 6.07) is 0. The predicted octanol–water partition coefficient (Wildman–Crippen LogP) is 2.92. The fraction of sp³-hybridized carbons (Fsp3) is 0.944. The number of aliphatic hydroxyl groups excluding tert-OH is 1. The average Bonchev–Trinajstić information content (AvgIpc) is 3.07. The zero-order valence-electron chi connectivity index (χ0n) is 14.1. The number of rotatable bonds is 4. The second-order valence-electron chi connectivity index (χ2n) is 8.13. The number of carbonyl (C=O) groups is 1. The summed E-state index contributed by atoms with van der Waals surface area (Å²) >= 11 is 0. The minimum absolute atomic E-state index is 0.0231. The Hall–Kier alpha value is -0.610. The highest BCUT2D eigenvalue weighted by Gasteiger charge is 2.53. The van der Waals surface area contributed by atoms with Crippen molar-refractivity contribution in [1.82, 2.24) is 0 Å². The lowest BCUT2D eigenvalue weighted by atomic mass is 9.67. The van der Waals surface area contributed by atoms with Crippen molar-refractivity contribution in [2.45, 2.75) is 77.6 Å². The number of esters is 1. The fourth-order valence-electron chi connectivity index (χ4n) is 4.66. The van der Waals surface area contributed by atoms with Gasteiger partial charge in [0.25, 0.3) is 0 Å². The van der Waals surface area contributed by atoms with Crippen LogP contribution in [0.3, 0.4) is 0 Å². The van der Waals surface area contributed by atoms with Crippen LogP contribution in [0.15, 0.2) is 0 Å². The van der Waals surface area contributed by atoms with Crippen LogP contribution in [0.25, 0.3) is 0 Å². The molecule has 2 saturated heterocycles.